The van der Waals surface area contributed by atoms with Crippen molar-refractivity contribution in [3.63, 3.8) is 0 Å². The number of aromatic carboxylic acids is 1. The predicted molar refractivity (Wildman–Crippen MR) is 92.3 cm³/mol. The van der Waals surface area contributed by atoms with Gasteiger partial charge in [0.2, 0.25) is 0 Å². The smallest absolute Gasteiger partial charge is 0.335 e. The normalized spacial score (nSPS) is 14.8. The minimum absolute atomic E-state index is 0.0768. The Hall–Kier alpha value is -2.82. The zero-order valence-electron chi connectivity index (χ0n) is 13.6. The highest BCUT2D eigenvalue weighted by Gasteiger charge is 2.27. The Morgan fingerprint density at radius 1 is 1.12 bits per heavy atom. The first-order chi connectivity index (χ1) is 11.6. The van der Waals surface area contributed by atoms with Crippen LogP contribution >= 0.6 is 0 Å². The standard InChI is InChI=1S/C19H20N2O3/c1-14-6-2-3-7-16(14)13-20-10-5-11-21(19(20)24)17-9-4-8-15(12-17)18(22)23/h2-4,6-9,12H,5,10-11,13H2,1H3,(H,22,23). The summed E-state index contributed by atoms with van der Waals surface area (Å²) in [6, 6.07) is 14.5. The molecule has 5 nitrogen and oxygen atoms in total. The van der Waals surface area contributed by atoms with E-state index in [0.29, 0.717) is 25.3 Å². The maximum Gasteiger partial charge on any atom is 0.335 e. The van der Waals surface area contributed by atoms with Crippen LogP contribution in [-0.4, -0.2) is 35.1 Å². The van der Waals surface area contributed by atoms with Gasteiger partial charge in [-0.15, -0.1) is 0 Å². The summed E-state index contributed by atoms with van der Waals surface area (Å²) < 4.78 is 0. The van der Waals surface area contributed by atoms with Gasteiger partial charge in [-0.2, -0.15) is 0 Å². The molecule has 1 fully saturated rings. The van der Waals surface area contributed by atoms with Gasteiger partial charge in [-0.1, -0.05) is 30.3 Å². The molecule has 0 saturated carbocycles. The molecule has 124 valence electrons. The topological polar surface area (TPSA) is 60.9 Å². The number of benzene rings is 2. The first-order valence-electron chi connectivity index (χ1n) is 8.00. The lowest BCUT2D eigenvalue weighted by Gasteiger charge is -2.36. The van der Waals surface area contributed by atoms with Gasteiger partial charge in [-0.25, -0.2) is 9.59 Å². The molecule has 3 rings (SSSR count). The van der Waals surface area contributed by atoms with Crippen LogP contribution in [0.15, 0.2) is 48.5 Å². The minimum atomic E-state index is -0.988. The van der Waals surface area contributed by atoms with E-state index in [1.807, 2.05) is 36.1 Å². The Morgan fingerprint density at radius 2 is 1.92 bits per heavy atom. The third kappa shape index (κ3) is 3.25. The SMILES string of the molecule is Cc1ccccc1CN1CCCN(c2cccc(C(=O)O)c2)C1=O. The van der Waals surface area contributed by atoms with Crippen molar-refractivity contribution in [2.24, 2.45) is 0 Å². The van der Waals surface area contributed by atoms with Gasteiger partial charge < -0.3 is 10.0 Å². The van der Waals surface area contributed by atoms with Crippen molar-refractivity contribution in [2.45, 2.75) is 19.9 Å². The Kier molecular flexibility index (Phi) is 4.51. The zero-order chi connectivity index (χ0) is 17.1. The average molecular weight is 324 g/mol. The molecule has 0 radical (unpaired) electrons. The molecule has 0 aliphatic carbocycles. The van der Waals surface area contributed by atoms with Crippen LogP contribution in [0.5, 0.6) is 0 Å². The fourth-order valence-corrected chi connectivity index (χ4v) is 2.97. The summed E-state index contributed by atoms with van der Waals surface area (Å²) >= 11 is 0. The summed E-state index contributed by atoms with van der Waals surface area (Å²) in [6.45, 7) is 3.92. The molecular weight excluding hydrogens is 304 g/mol. The highest BCUT2D eigenvalue weighted by Crippen LogP contribution is 2.23. The Morgan fingerprint density at radius 3 is 2.67 bits per heavy atom. The zero-order valence-corrected chi connectivity index (χ0v) is 13.6. The van der Waals surface area contributed by atoms with Crippen molar-refractivity contribution in [2.75, 3.05) is 18.0 Å². The largest absolute Gasteiger partial charge is 0.478 e. The van der Waals surface area contributed by atoms with E-state index < -0.39 is 5.97 Å². The number of rotatable bonds is 4. The fraction of sp³-hybridized carbons (Fsp3) is 0.263. The van der Waals surface area contributed by atoms with Gasteiger partial charge >= 0.3 is 12.0 Å². The summed E-state index contributed by atoms with van der Waals surface area (Å²) in [6.07, 6.45) is 0.856. The van der Waals surface area contributed by atoms with Gasteiger partial charge in [0, 0.05) is 25.3 Å². The molecule has 1 N–H and O–H groups in total. The van der Waals surface area contributed by atoms with Gasteiger partial charge in [0.15, 0.2) is 0 Å². The molecule has 24 heavy (non-hydrogen) atoms. The summed E-state index contributed by atoms with van der Waals surface area (Å²) in [5, 5.41) is 9.14. The molecule has 2 aromatic rings. The van der Waals surface area contributed by atoms with E-state index >= 15 is 0 Å². The van der Waals surface area contributed by atoms with Crippen molar-refractivity contribution in [1.82, 2.24) is 4.90 Å². The van der Waals surface area contributed by atoms with Crippen LogP contribution < -0.4 is 4.90 Å². The quantitative estimate of drug-likeness (QED) is 0.936. The lowest BCUT2D eigenvalue weighted by atomic mass is 10.1. The van der Waals surface area contributed by atoms with E-state index in [0.717, 1.165) is 17.5 Å². The number of carboxylic acids is 1. The summed E-state index contributed by atoms with van der Waals surface area (Å²) in [7, 11) is 0. The molecule has 0 aromatic heterocycles. The highest BCUT2D eigenvalue weighted by molar-refractivity contribution is 5.95. The molecule has 2 aromatic carbocycles. The van der Waals surface area contributed by atoms with Gasteiger partial charge in [0.05, 0.1) is 5.56 Å². The third-order valence-electron chi connectivity index (χ3n) is 4.34. The van der Waals surface area contributed by atoms with Gasteiger partial charge in [-0.05, 0) is 42.7 Å². The second-order valence-electron chi connectivity index (χ2n) is 5.99. The van der Waals surface area contributed by atoms with Crippen LogP contribution in [0.3, 0.4) is 0 Å². The van der Waals surface area contributed by atoms with Crippen molar-refractivity contribution >= 4 is 17.7 Å². The molecule has 2 amide bonds. The van der Waals surface area contributed by atoms with Crippen molar-refractivity contribution in [3.05, 3.63) is 65.2 Å². The number of nitrogens with zero attached hydrogens (tertiary/aromatic N) is 2. The summed E-state index contributed by atoms with van der Waals surface area (Å²) in [5.41, 5.74) is 3.12. The van der Waals surface area contributed by atoms with Gasteiger partial charge in [0.25, 0.3) is 0 Å². The van der Waals surface area contributed by atoms with Crippen molar-refractivity contribution in [1.29, 1.82) is 0 Å². The first kappa shape index (κ1) is 16.1. The van der Waals surface area contributed by atoms with E-state index in [1.165, 1.54) is 6.07 Å². The van der Waals surface area contributed by atoms with Crippen LogP contribution in [0.25, 0.3) is 0 Å². The number of hydrogen-bond acceptors (Lipinski definition) is 2. The molecule has 1 aliphatic rings. The van der Waals surface area contributed by atoms with Gasteiger partial charge in [-0.3, -0.25) is 4.90 Å². The Bertz CT molecular complexity index is 773. The number of hydrogen-bond donors (Lipinski definition) is 1. The molecule has 1 aliphatic heterocycles. The Balaban J connectivity index is 1.81. The van der Waals surface area contributed by atoms with Crippen molar-refractivity contribution < 1.29 is 14.7 Å². The van der Waals surface area contributed by atoms with E-state index in [4.69, 9.17) is 5.11 Å². The number of carbonyl (C=O) groups excluding carboxylic acids is 1. The van der Waals surface area contributed by atoms with E-state index in [1.54, 1.807) is 23.1 Å². The molecular formula is C19H20N2O3. The number of carbonyl (C=O) groups is 2. The highest BCUT2D eigenvalue weighted by atomic mass is 16.4. The second kappa shape index (κ2) is 6.74. The Labute approximate surface area is 141 Å². The lowest BCUT2D eigenvalue weighted by molar-refractivity contribution is 0.0697. The van der Waals surface area contributed by atoms with Crippen LogP contribution in [0.1, 0.15) is 27.9 Å². The molecule has 0 bridgehead atoms. The first-order valence-corrected chi connectivity index (χ1v) is 8.00. The molecule has 0 atom stereocenters. The van der Waals surface area contributed by atoms with Crippen LogP contribution in [-0.2, 0) is 6.54 Å². The van der Waals surface area contributed by atoms with Crippen LogP contribution in [0.4, 0.5) is 10.5 Å². The average Bonchev–Trinajstić information content (AvgIpc) is 2.59. The number of amides is 2. The minimum Gasteiger partial charge on any atom is -0.478 e. The molecule has 0 spiro atoms. The number of carboxylic acid groups (broad SMARTS) is 1. The number of anilines is 1. The van der Waals surface area contributed by atoms with Crippen LogP contribution in [0, 0.1) is 6.92 Å². The summed E-state index contributed by atoms with van der Waals surface area (Å²) in [4.78, 5) is 27.5. The third-order valence-corrected chi connectivity index (χ3v) is 4.34. The van der Waals surface area contributed by atoms with E-state index in [9.17, 15) is 9.59 Å². The van der Waals surface area contributed by atoms with E-state index in [2.05, 4.69) is 0 Å². The predicted octanol–water partition coefficient (Wildman–Crippen LogP) is 3.53. The maximum atomic E-state index is 12.8. The van der Waals surface area contributed by atoms with Crippen LogP contribution in [0.2, 0.25) is 0 Å². The number of urea groups is 1. The monoisotopic (exact) mass is 324 g/mol. The fourth-order valence-electron chi connectivity index (χ4n) is 2.97. The molecule has 0 unspecified atom stereocenters. The van der Waals surface area contributed by atoms with E-state index in [-0.39, 0.29) is 11.6 Å². The molecule has 1 saturated heterocycles. The molecule has 5 heteroatoms. The molecule has 1 heterocycles. The van der Waals surface area contributed by atoms with Gasteiger partial charge in [0.1, 0.15) is 0 Å². The van der Waals surface area contributed by atoms with Crippen molar-refractivity contribution in [3.8, 4) is 0 Å². The lowest BCUT2D eigenvalue weighted by Crippen LogP contribution is -2.49. The second-order valence-corrected chi connectivity index (χ2v) is 5.99. The number of aryl methyl sites for hydroxylation is 1. The maximum absolute atomic E-state index is 12.8. The summed E-state index contributed by atoms with van der Waals surface area (Å²) in [5.74, 6) is -0.988.